The lowest BCUT2D eigenvalue weighted by Gasteiger charge is -2.40. The number of hydrogen-bond acceptors (Lipinski definition) is 3. The average molecular weight is 354 g/mol. The maximum absolute atomic E-state index is 12.3. The highest BCUT2D eigenvalue weighted by Crippen LogP contribution is 2.20. The van der Waals surface area contributed by atoms with Crippen molar-refractivity contribution in [3.63, 3.8) is 0 Å². The third kappa shape index (κ3) is 4.78. The van der Waals surface area contributed by atoms with E-state index >= 15 is 0 Å². The molecule has 0 bridgehead atoms. The maximum Gasteiger partial charge on any atom is 0.317 e. The standard InChI is InChI=1S/C17H24ClN3OS/c18-15-3-1-14(2-4-15)13-19-17(22)21-7-5-16(6-8-21)20-9-11-23-12-10-20/h1-4,16H,5-13H2,(H,19,22). The minimum absolute atomic E-state index is 0.0487. The first-order chi connectivity index (χ1) is 11.2. The molecule has 126 valence electrons. The zero-order valence-electron chi connectivity index (χ0n) is 13.3. The normalized spacial score (nSPS) is 20.5. The molecule has 1 N–H and O–H groups in total. The van der Waals surface area contributed by atoms with E-state index in [1.54, 1.807) is 0 Å². The summed E-state index contributed by atoms with van der Waals surface area (Å²) in [4.78, 5) is 16.9. The molecule has 0 saturated carbocycles. The summed E-state index contributed by atoms with van der Waals surface area (Å²) in [6, 6.07) is 8.31. The Hall–Kier alpha value is -0.910. The van der Waals surface area contributed by atoms with E-state index < -0.39 is 0 Å². The highest BCUT2D eigenvalue weighted by Gasteiger charge is 2.27. The summed E-state index contributed by atoms with van der Waals surface area (Å²) in [6.07, 6.45) is 2.19. The van der Waals surface area contributed by atoms with Crippen LogP contribution in [-0.2, 0) is 6.54 Å². The third-order valence-corrected chi connectivity index (χ3v) is 5.87. The Balaban J connectivity index is 1.41. The van der Waals surface area contributed by atoms with E-state index in [9.17, 15) is 4.79 Å². The van der Waals surface area contributed by atoms with Crippen molar-refractivity contribution in [3.05, 3.63) is 34.9 Å². The van der Waals surface area contributed by atoms with Gasteiger partial charge in [-0.1, -0.05) is 23.7 Å². The van der Waals surface area contributed by atoms with Gasteiger partial charge in [0.05, 0.1) is 0 Å². The van der Waals surface area contributed by atoms with Crippen LogP contribution in [-0.4, -0.2) is 59.6 Å². The van der Waals surface area contributed by atoms with Crippen LogP contribution in [0.5, 0.6) is 0 Å². The maximum atomic E-state index is 12.3. The monoisotopic (exact) mass is 353 g/mol. The van der Waals surface area contributed by atoms with E-state index in [2.05, 4.69) is 10.2 Å². The van der Waals surface area contributed by atoms with E-state index in [0.717, 1.165) is 36.5 Å². The molecule has 2 amide bonds. The lowest BCUT2D eigenvalue weighted by atomic mass is 10.0. The third-order valence-electron chi connectivity index (χ3n) is 4.67. The first-order valence-corrected chi connectivity index (χ1v) is 9.84. The molecule has 1 aromatic rings. The minimum Gasteiger partial charge on any atom is -0.334 e. The molecule has 0 unspecified atom stereocenters. The number of carbonyl (C=O) groups is 1. The number of benzene rings is 1. The molecular formula is C17H24ClN3OS. The number of likely N-dealkylation sites (tertiary alicyclic amines) is 1. The van der Waals surface area contributed by atoms with E-state index in [-0.39, 0.29) is 6.03 Å². The van der Waals surface area contributed by atoms with Gasteiger partial charge in [0.2, 0.25) is 0 Å². The first-order valence-electron chi connectivity index (χ1n) is 8.31. The molecule has 4 nitrogen and oxygen atoms in total. The molecule has 0 aliphatic carbocycles. The number of halogens is 1. The Labute approximate surface area is 147 Å². The second-order valence-electron chi connectivity index (χ2n) is 6.15. The molecule has 0 aromatic heterocycles. The van der Waals surface area contributed by atoms with Crippen molar-refractivity contribution in [1.82, 2.24) is 15.1 Å². The number of urea groups is 1. The van der Waals surface area contributed by atoms with Gasteiger partial charge in [-0.3, -0.25) is 4.90 Å². The summed E-state index contributed by atoms with van der Waals surface area (Å²) < 4.78 is 0. The molecular weight excluding hydrogens is 330 g/mol. The van der Waals surface area contributed by atoms with Gasteiger partial charge in [0.1, 0.15) is 0 Å². The van der Waals surface area contributed by atoms with Crippen molar-refractivity contribution >= 4 is 29.4 Å². The molecule has 6 heteroatoms. The fraction of sp³-hybridized carbons (Fsp3) is 0.588. The molecule has 2 heterocycles. The van der Waals surface area contributed by atoms with Gasteiger partial charge in [-0.05, 0) is 30.5 Å². The minimum atomic E-state index is 0.0487. The van der Waals surface area contributed by atoms with Crippen LogP contribution in [0.25, 0.3) is 0 Å². The number of nitrogens with one attached hydrogen (secondary N) is 1. The van der Waals surface area contributed by atoms with Crippen LogP contribution in [0, 0.1) is 0 Å². The highest BCUT2D eigenvalue weighted by molar-refractivity contribution is 7.99. The molecule has 0 atom stereocenters. The molecule has 2 fully saturated rings. The number of nitrogens with zero attached hydrogens (tertiary/aromatic N) is 2. The summed E-state index contributed by atoms with van der Waals surface area (Å²) in [5.74, 6) is 2.50. The largest absolute Gasteiger partial charge is 0.334 e. The van der Waals surface area contributed by atoms with E-state index in [4.69, 9.17) is 11.6 Å². The van der Waals surface area contributed by atoms with Crippen molar-refractivity contribution in [2.24, 2.45) is 0 Å². The molecule has 1 aromatic carbocycles. The number of piperidine rings is 1. The predicted molar refractivity (Wildman–Crippen MR) is 97.2 cm³/mol. The van der Waals surface area contributed by atoms with Gasteiger partial charge in [-0.25, -0.2) is 4.79 Å². The summed E-state index contributed by atoms with van der Waals surface area (Å²) in [5.41, 5.74) is 1.07. The average Bonchev–Trinajstić information content (AvgIpc) is 2.62. The van der Waals surface area contributed by atoms with Gasteiger partial charge in [0.25, 0.3) is 0 Å². The topological polar surface area (TPSA) is 35.6 Å². The molecule has 2 aliphatic heterocycles. The SMILES string of the molecule is O=C(NCc1ccc(Cl)cc1)N1CCC(N2CCSCC2)CC1. The number of thioether (sulfide) groups is 1. The molecule has 3 rings (SSSR count). The summed E-state index contributed by atoms with van der Waals surface area (Å²) in [5, 5.41) is 3.73. The van der Waals surface area contributed by atoms with Crippen molar-refractivity contribution in [2.75, 3.05) is 37.7 Å². The Morgan fingerprint density at radius 1 is 1.13 bits per heavy atom. The Kier molecular flexibility index (Phi) is 6.08. The van der Waals surface area contributed by atoms with Crippen LogP contribution < -0.4 is 5.32 Å². The van der Waals surface area contributed by atoms with E-state index in [1.165, 1.54) is 24.6 Å². The zero-order valence-corrected chi connectivity index (χ0v) is 14.9. The van der Waals surface area contributed by atoms with E-state index in [1.807, 2.05) is 40.9 Å². The quantitative estimate of drug-likeness (QED) is 0.907. The van der Waals surface area contributed by atoms with Crippen LogP contribution in [0.15, 0.2) is 24.3 Å². The number of rotatable bonds is 3. The van der Waals surface area contributed by atoms with Gasteiger partial charge in [-0.2, -0.15) is 11.8 Å². The van der Waals surface area contributed by atoms with Crippen LogP contribution >= 0.6 is 23.4 Å². The number of amides is 2. The van der Waals surface area contributed by atoms with E-state index in [0.29, 0.717) is 12.6 Å². The lowest BCUT2D eigenvalue weighted by molar-refractivity contribution is 0.124. The van der Waals surface area contributed by atoms with Gasteiger partial charge >= 0.3 is 6.03 Å². The highest BCUT2D eigenvalue weighted by atomic mass is 35.5. The van der Waals surface area contributed by atoms with Gasteiger partial charge in [0, 0.05) is 55.3 Å². The molecule has 2 saturated heterocycles. The number of hydrogen-bond donors (Lipinski definition) is 1. The summed E-state index contributed by atoms with van der Waals surface area (Å²) >= 11 is 7.92. The van der Waals surface area contributed by atoms with Gasteiger partial charge in [0.15, 0.2) is 0 Å². The Bertz CT molecular complexity index is 511. The van der Waals surface area contributed by atoms with Crippen molar-refractivity contribution in [1.29, 1.82) is 0 Å². The Morgan fingerprint density at radius 2 is 1.78 bits per heavy atom. The van der Waals surface area contributed by atoms with Crippen LogP contribution in [0.1, 0.15) is 18.4 Å². The lowest BCUT2D eigenvalue weighted by Crippen LogP contribution is -2.51. The predicted octanol–water partition coefficient (Wildman–Crippen LogP) is 3.06. The second kappa shape index (κ2) is 8.27. The fourth-order valence-corrected chi connectivity index (χ4v) is 4.33. The van der Waals surface area contributed by atoms with Gasteiger partial charge in [-0.15, -0.1) is 0 Å². The smallest absolute Gasteiger partial charge is 0.317 e. The van der Waals surface area contributed by atoms with Crippen molar-refractivity contribution in [3.8, 4) is 0 Å². The van der Waals surface area contributed by atoms with Crippen LogP contribution in [0.2, 0.25) is 5.02 Å². The number of carbonyl (C=O) groups excluding carboxylic acids is 1. The Morgan fingerprint density at radius 3 is 2.43 bits per heavy atom. The van der Waals surface area contributed by atoms with Gasteiger partial charge < -0.3 is 10.2 Å². The van der Waals surface area contributed by atoms with Crippen molar-refractivity contribution in [2.45, 2.75) is 25.4 Å². The molecule has 23 heavy (non-hydrogen) atoms. The summed E-state index contributed by atoms with van der Waals surface area (Å²) in [6.45, 7) is 4.69. The van der Waals surface area contributed by atoms with Crippen molar-refractivity contribution < 1.29 is 4.79 Å². The second-order valence-corrected chi connectivity index (χ2v) is 7.81. The molecule has 0 spiro atoms. The van der Waals surface area contributed by atoms with Crippen LogP contribution in [0.4, 0.5) is 4.79 Å². The zero-order chi connectivity index (χ0) is 16.1. The molecule has 0 radical (unpaired) electrons. The molecule has 2 aliphatic rings. The fourth-order valence-electron chi connectivity index (χ4n) is 3.27. The van der Waals surface area contributed by atoms with Crippen LogP contribution in [0.3, 0.4) is 0 Å². The summed E-state index contributed by atoms with van der Waals surface area (Å²) in [7, 11) is 0. The first kappa shape index (κ1) is 16.9.